The van der Waals surface area contributed by atoms with Gasteiger partial charge in [0.2, 0.25) is 11.8 Å². The summed E-state index contributed by atoms with van der Waals surface area (Å²) in [6.45, 7) is 5.86. The molecule has 0 saturated carbocycles. The van der Waals surface area contributed by atoms with Crippen LogP contribution in [-0.4, -0.2) is 54.4 Å². The lowest BCUT2D eigenvalue weighted by Gasteiger charge is -2.28. The number of fused-ring (bicyclic) bond motifs is 1. The fourth-order valence-electron chi connectivity index (χ4n) is 5.14. The lowest BCUT2D eigenvalue weighted by atomic mass is 9.98. The van der Waals surface area contributed by atoms with E-state index in [0.29, 0.717) is 51.1 Å². The third kappa shape index (κ3) is 7.35. The third-order valence-corrected chi connectivity index (χ3v) is 8.75. The molecule has 5 rings (SSSR count). The third-order valence-electron chi connectivity index (χ3n) is 7.18. The molecule has 1 aliphatic rings. The van der Waals surface area contributed by atoms with E-state index in [1.807, 2.05) is 13.0 Å². The Hall–Kier alpha value is -3.77. The number of halogens is 3. The van der Waals surface area contributed by atoms with Gasteiger partial charge in [0.25, 0.3) is 0 Å². The molecular weight excluding hydrogens is 567 g/mol. The maximum atomic E-state index is 12.7. The van der Waals surface area contributed by atoms with E-state index in [9.17, 15) is 21.6 Å². The normalized spacial score (nSPS) is 17.7. The molecular formula is C30H32F3N5O3S. The van der Waals surface area contributed by atoms with E-state index in [1.54, 1.807) is 54.9 Å². The summed E-state index contributed by atoms with van der Waals surface area (Å²) < 4.78 is 69.5. The minimum absolute atomic E-state index is 0.207. The predicted molar refractivity (Wildman–Crippen MR) is 156 cm³/mol. The van der Waals surface area contributed by atoms with Gasteiger partial charge in [0.15, 0.2) is 9.84 Å². The van der Waals surface area contributed by atoms with Crippen LogP contribution in [0.15, 0.2) is 60.9 Å². The van der Waals surface area contributed by atoms with E-state index < -0.39 is 33.9 Å². The van der Waals surface area contributed by atoms with Gasteiger partial charge in [-0.15, -0.1) is 0 Å². The van der Waals surface area contributed by atoms with Crippen LogP contribution in [0.5, 0.6) is 11.6 Å². The number of anilines is 1. The number of nitrogens with zero attached hydrogens (tertiary/aromatic N) is 3. The number of alkyl halides is 3. The Morgan fingerprint density at radius 3 is 2.64 bits per heavy atom. The molecule has 42 heavy (non-hydrogen) atoms. The number of ether oxygens (including phenoxy) is 1. The van der Waals surface area contributed by atoms with Gasteiger partial charge in [-0.1, -0.05) is 37.3 Å². The van der Waals surface area contributed by atoms with Crippen LogP contribution in [0.2, 0.25) is 0 Å². The minimum atomic E-state index is -4.55. The van der Waals surface area contributed by atoms with Crippen LogP contribution in [0.3, 0.4) is 0 Å². The van der Waals surface area contributed by atoms with Crippen LogP contribution >= 0.6 is 0 Å². The highest BCUT2D eigenvalue weighted by atomic mass is 32.2. The molecule has 0 bridgehead atoms. The standard InChI is InChI=1S/C30H32F3N5O3S/c1-19-15-22(17-34-16-19)37-29-36-13-10-26(38-29)25-7-4-12-35-28(25)41-27-20(2)8-9-23-21(5-3-6-24(23)27)18-42(39,40)14-11-30(31,32)33/h3-10,12-13,19,22,34H,11,14-18H2,1-2H3,(H,36,37,38)/t19-,22+/m1/s1. The van der Waals surface area contributed by atoms with Gasteiger partial charge in [0.05, 0.1) is 29.2 Å². The molecule has 2 aromatic carbocycles. The number of sulfone groups is 1. The number of hydrogen-bond donors (Lipinski definition) is 2. The van der Waals surface area contributed by atoms with E-state index in [4.69, 9.17) is 9.72 Å². The summed E-state index contributed by atoms with van der Waals surface area (Å²) in [5.41, 5.74) is 2.43. The molecule has 2 atom stereocenters. The van der Waals surface area contributed by atoms with E-state index in [2.05, 4.69) is 27.5 Å². The Kier molecular flexibility index (Phi) is 8.65. The number of pyridine rings is 1. The zero-order valence-corrected chi connectivity index (χ0v) is 24.1. The molecule has 1 aliphatic heterocycles. The summed E-state index contributed by atoms with van der Waals surface area (Å²) in [5.74, 6) is 0.337. The van der Waals surface area contributed by atoms with Crippen LogP contribution in [0.4, 0.5) is 19.1 Å². The maximum Gasteiger partial charge on any atom is 0.390 e. The van der Waals surface area contributed by atoms with Gasteiger partial charge in [-0.05, 0) is 60.5 Å². The van der Waals surface area contributed by atoms with Gasteiger partial charge in [0, 0.05) is 30.4 Å². The molecule has 2 N–H and O–H groups in total. The van der Waals surface area contributed by atoms with Crippen molar-refractivity contribution >= 4 is 26.6 Å². The molecule has 12 heteroatoms. The number of hydrogen-bond acceptors (Lipinski definition) is 8. The molecule has 0 spiro atoms. The summed E-state index contributed by atoms with van der Waals surface area (Å²) in [6.07, 6.45) is -1.64. The quantitative estimate of drug-likeness (QED) is 0.239. The van der Waals surface area contributed by atoms with E-state index in [1.165, 1.54) is 0 Å². The molecule has 0 aliphatic carbocycles. The van der Waals surface area contributed by atoms with Crippen molar-refractivity contribution in [3.05, 3.63) is 72.1 Å². The first-order valence-electron chi connectivity index (χ1n) is 13.7. The summed E-state index contributed by atoms with van der Waals surface area (Å²) >= 11 is 0. The van der Waals surface area contributed by atoms with Crippen LogP contribution in [0, 0.1) is 12.8 Å². The highest BCUT2D eigenvalue weighted by Crippen LogP contribution is 2.38. The number of aryl methyl sites for hydroxylation is 1. The van der Waals surface area contributed by atoms with E-state index >= 15 is 0 Å². The van der Waals surface area contributed by atoms with Crippen molar-refractivity contribution in [2.45, 2.75) is 44.7 Å². The minimum Gasteiger partial charge on any atom is -0.437 e. The first-order valence-corrected chi connectivity index (χ1v) is 15.5. The van der Waals surface area contributed by atoms with Crippen LogP contribution in [0.25, 0.3) is 22.0 Å². The molecule has 0 radical (unpaired) electrons. The highest BCUT2D eigenvalue weighted by Gasteiger charge is 2.30. The molecule has 0 amide bonds. The number of piperidine rings is 1. The van der Waals surface area contributed by atoms with Crippen molar-refractivity contribution in [1.29, 1.82) is 0 Å². The monoisotopic (exact) mass is 599 g/mol. The summed E-state index contributed by atoms with van der Waals surface area (Å²) in [5, 5.41) is 8.02. The van der Waals surface area contributed by atoms with Gasteiger partial charge in [-0.25, -0.2) is 23.4 Å². The second kappa shape index (κ2) is 12.2. The average Bonchev–Trinajstić information content (AvgIpc) is 2.94. The van der Waals surface area contributed by atoms with Crippen molar-refractivity contribution in [2.75, 3.05) is 24.2 Å². The van der Waals surface area contributed by atoms with Crippen molar-refractivity contribution in [2.24, 2.45) is 5.92 Å². The predicted octanol–water partition coefficient (Wildman–Crippen LogP) is 6.07. The molecule has 0 unspecified atom stereocenters. The molecule has 2 aromatic heterocycles. The second-order valence-corrected chi connectivity index (χ2v) is 12.9. The maximum absolute atomic E-state index is 12.7. The number of aromatic nitrogens is 3. The summed E-state index contributed by atoms with van der Waals surface area (Å²) in [7, 11) is -4.00. The fourth-order valence-corrected chi connectivity index (χ4v) is 6.55. The largest absolute Gasteiger partial charge is 0.437 e. The Morgan fingerprint density at radius 2 is 1.86 bits per heavy atom. The van der Waals surface area contributed by atoms with Gasteiger partial charge in [-0.2, -0.15) is 13.2 Å². The lowest BCUT2D eigenvalue weighted by Crippen LogP contribution is -2.42. The smallest absolute Gasteiger partial charge is 0.390 e. The number of rotatable bonds is 9. The van der Waals surface area contributed by atoms with Crippen LogP contribution in [-0.2, 0) is 15.6 Å². The van der Waals surface area contributed by atoms with Gasteiger partial charge in [0.1, 0.15) is 5.75 Å². The Labute approximate surface area is 242 Å². The van der Waals surface area contributed by atoms with Gasteiger partial charge in [-0.3, -0.25) is 0 Å². The first-order chi connectivity index (χ1) is 20.0. The van der Waals surface area contributed by atoms with Crippen molar-refractivity contribution in [1.82, 2.24) is 20.3 Å². The number of benzene rings is 2. The van der Waals surface area contributed by atoms with Crippen molar-refractivity contribution < 1.29 is 26.3 Å². The molecule has 1 saturated heterocycles. The lowest BCUT2D eigenvalue weighted by molar-refractivity contribution is -0.129. The second-order valence-electron chi connectivity index (χ2n) is 10.7. The van der Waals surface area contributed by atoms with Crippen molar-refractivity contribution in [3.63, 3.8) is 0 Å². The van der Waals surface area contributed by atoms with Gasteiger partial charge < -0.3 is 15.4 Å². The highest BCUT2D eigenvalue weighted by molar-refractivity contribution is 7.90. The average molecular weight is 600 g/mol. The molecule has 3 heterocycles. The molecule has 222 valence electrons. The number of nitrogens with one attached hydrogen (secondary N) is 2. The fraction of sp³-hybridized carbons (Fsp3) is 0.367. The Balaban J connectivity index is 1.44. The van der Waals surface area contributed by atoms with Crippen molar-refractivity contribution in [3.8, 4) is 22.9 Å². The molecule has 1 fully saturated rings. The molecule has 4 aromatic rings. The summed E-state index contributed by atoms with van der Waals surface area (Å²) in [6, 6.07) is 14.2. The van der Waals surface area contributed by atoms with E-state index in [0.717, 1.165) is 25.1 Å². The van der Waals surface area contributed by atoms with Gasteiger partial charge >= 0.3 is 6.18 Å². The molecule has 8 nitrogen and oxygen atoms in total. The zero-order valence-electron chi connectivity index (χ0n) is 23.3. The first kappa shape index (κ1) is 29.7. The zero-order chi connectivity index (χ0) is 29.9. The van der Waals surface area contributed by atoms with Crippen LogP contribution < -0.4 is 15.4 Å². The van der Waals surface area contributed by atoms with Crippen LogP contribution in [0.1, 0.15) is 30.9 Å². The summed E-state index contributed by atoms with van der Waals surface area (Å²) in [4.78, 5) is 13.6. The Morgan fingerprint density at radius 1 is 1.02 bits per heavy atom. The van der Waals surface area contributed by atoms with E-state index in [-0.39, 0.29) is 6.04 Å². The Bertz CT molecular complexity index is 1680. The SMILES string of the molecule is Cc1ccc2c(CS(=O)(=O)CCC(F)(F)F)cccc2c1Oc1ncccc1-c1ccnc(N[C@@H]2CNC[C@H](C)C2)n1. The topological polar surface area (TPSA) is 106 Å².